The van der Waals surface area contributed by atoms with Gasteiger partial charge in [0.1, 0.15) is 6.54 Å². The SMILES string of the molecule is C[C@@H]1CC[NH+](C)C[C@@H]1F.[I-]. The molecule has 1 heterocycles. The van der Waals surface area contributed by atoms with Crippen LogP contribution < -0.4 is 28.9 Å². The Morgan fingerprint density at radius 3 is 2.50 bits per heavy atom. The Labute approximate surface area is 79.0 Å². The molecule has 3 heteroatoms. The molecule has 1 N–H and O–H groups in total. The van der Waals surface area contributed by atoms with Gasteiger partial charge in [0.25, 0.3) is 0 Å². The monoisotopic (exact) mass is 259 g/mol. The van der Waals surface area contributed by atoms with Crippen LogP contribution in [0.3, 0.4) is 0 Å². The second-order valence-corrected chi connectivity index (χ2v) is 3.19. The fraction of sp³-hybridized carbons (Fsp3) is 1.00. The lowest BCUT2D eigenvalue weighted by Crippen LogP contribution is -3.11. The number of halogens is 2. The van der Waals surface area contributed by atoms with E-state index in [-0.39, 0.29) is 24.0 Å². The van der Waals surface area contributed by atoms with E-state index in [1.54, 1.807) is 0 Å². The molecule has 1 nitrogen and oxygen atoms in total. The van der Waals surface area contributed by atoms with Gasteiger partial charge in [-0.1, -0.05) is 6.92 Å². The second-order valence-electron chi connectivity index (χ2n) is 3.19. The van der Waals surface area contributed by atoms with Gasteiger partial charge in [0.15, 0.2) is 6.17 Å². The Balaban J connectivity index is 0.000000810. The molecule has 0 amide bonds. The van der Waals surface area contributed by atoms with Crippen molar-refractivity contribution in [3.8, 4) is 0 Å². The summed E-state index contributed by atoms with van der Waals surface area (Å²) in [5.74, 6) is 0.300. The number of nitrogens with one attached hydrogen (secondary N) is 1. The fourth-order valence-electron chi connectivity index (χ4n) is 1.29. The summed E-state index contributed by atoms with van der Waals surface area (Å²) in [6, 6.07) is 0. The second kappa shape index (κ2) is 4.49. The molecule has 0 bridgehead atoms. The molecule has 0 aromatic rings. The molecule has 3 atom stereocenters. The highest BCUT2D eigenvalue weighted by Crippen LogP contribution is 2.11. The Hall–Kier alpha value is 0.620. The summed E-state index contributed by atoms with van der Waals surface area (Å²) in [6.45, 7) is 3.85. The number of hydrogen-bond donors (Lipinski definition) is 1. The zero-order valence-electron chi connectivity index (χ0n) is 6.53. The minimum atomic E-state index is -0.557. The van der Waals surface area contributed by atoms with Crippen molar-refractivity contribution < 1.29 is 33.3 Å². The average molecular weight is 259 g/mol. The third kappa shape index (κ3) is 2.70. The van der Waals surface area contributed by atoms with Crippen molar-refractivity contribution in [1.29, 1.82) is 0 Å². The Morgan fingerprint density at radius 2 is 2.10 bits per heavy atom. The Bertz CT molecular complexity index is 99.6. The lowest BCUT2D eigenvalue weighted by molar-refractivity contribution is -0.888. The highest BCUT2D eigenvalue weighted by atomic mass is 127. The quantitative estimate of drug-likeness (QED) is 0.439. The van der Waals surface area contributed by atoms with E-state index in [0.717, 1.165) is 13.0 Å². The number of alkyl halides is 1. The van der Waals surface area contributed by atoms with E-state index in [1.165, 1.54) is 4.90 Å². The van der Waals surface area contributed by atoms with E-state index in [4.69, 9.17) is 0 Å². The van der Waals surface area contributed by atoms with Crippen LogP contribution in [0.2, 0.25) is 0 Å². The van der Waals surface area contributed by atoms with Gasteiger partial charge in [0.2, 0.25) is 0 Å². The van der Waals surface area contributed by atoms with E-state index in [9.17, 15) is 4.39 Å². The number of piperidine rings is 1. The summed E-state index contributed by atoms with van der Waals surface area (Å²) in [7, 11) is 2.05. The highest BCUT2D eigenvalue weighted by molar-refractivity contribution is 4.66. The summed E-state index contributed by atoms with van der Waals surface area (Å²) in [4.78, 5) is 1.33. The summed E-state index contributed by atoms with van der Waals surface area (Å²) < 4.78 is 12.8. The molecule has 10 heavy (non-hydrogen) atoms. The molecule has 0 radical (unpaired) electrons. The molecule has 0 aromatic heterocycles. The van der Waals surface area contributed by atoms with E-state index >= 15 is 0 Å². The van der Waals surface area contributed by atoms with Gasteiger partial charge in [-0.25, -0.2) is 4.39 Å². The third-order valence-corrected chi connectivity index (χ3v) is 2.19. The summed E-state index contributed by atoms with van der Waals surface area (Å²) in [5, 5.41) is 0. The summed E-state index contributed by atoms with van der Waals surface area (Å²) in [5.41, 5.74) is 0. The van der Waals surface area contributed by atoms with E-state index in [1.807, 2.05) is 6.92 Å². The molecule has 1 rings (SSSR count). The van der Waals surface area contributed by atoms with Crippen LogP contribution in [0.1, 0.15) is 13.3 Å². The zero-order chi connectivity index (χ0) is 6.85. The van der Waals surface area contributed by atoms with Gasteiger partial charge in [-0.15, -0.1) is 0 Å². The van der Waals surface area contributed by atoms with Crippen LogP contribution in [0.4, 0.5) is 4.39 Å². The van der Waals surface area contributed by atoms with Crippen LogP contribution in [0.15, 0.2) is 0 Å². The molecule has 1 aliphatic heterocycles. The first-order valence-electron chi connectivity index (χ1n) is 3.65. The lowest BCUT2D eigenvalue weighted by atomic mass is 9.98. The number of quaternary nitrogens is 1. The molecule has 0 spiro atoms. The maximum absolute atomic E-state index is 12.8. The predicted octanol–water partition coefficient (Wildman–Crippen LogP) is -3.12. The van der Waals surface area contributed by atoms with Crippen LogP contribution >= 0.6 is 0 Å². The van der Waals surface area contributed by atoms with Crippen molar-refractivity contribution in [1.82, 2.24) is 0 Å². The first kappa shape index (κ1) is 10.6. The standard InChI is InChI=1S/C7H14FN.HI/c1-6-3-4-9(2)5-7(6)8;/h6-7H,3-5H2,1-2H3;1H/t6-,7+;/m1./s1. The lowest BCUT2D eigenvalue weighted by Gasteiger charge is -2.26. The minimum absolute atomic E-state index is 0. The first-order valence-corrected chi connectivity index (χ1v) is 3.65. The van der Waals surface area contributed by atoms with Crippen LogP contribution in [-0.4, -0.2) is 26.3 Å². The van der Waals surface area contributed by atoms with Crippen LogP contribution in [0, 0.1) is 5.92 Å². The van der Waals surface area contributed by atoms with Crippen LogP contribution in [-0.2, 0) is 0 Å². The Kier molecular flexibility index (Phi) is 4.77. The maximum Gasteiger partial charge on any atom is 0.151 e. The van der Waals surface area contributed by atoms with Crippen LogP contribution in [0.25, 0.3) is 0 Å². The van der Waals surface area contributed by atoms with Crippen LogP contribution in [0.5, 0.6) is 0 Å². The normalized spacial score (nSPS) is 40.5. The minimum Gasteiger partial charge on any atom is -1.00 e. The molecule has 1 aliphatic rings. The van der Waals surface area contributed by atoms with Crippen molar-refractivity contribution >= 4 is 0 Å². The number of likely N-dealkylation sites (tertiary alicyclic amines) is 1. The smallest absolute Gasteiger partial charge is 0.151 e. The molecule has 62 valence electrons. The van der Waals surface area contributed by atoms with Gasteiger partial charge in [-0.2, -0.15) is 0 Å². The van der Waals surface area contributed by atoms with Gasteiger partial charge in [0, 0.05) is 6.42 Å². The Morgan fingerprint density at radius 1 is 1.50 bits per heavy atom. The first-order chi connectivity index (χ1) is 4.20. The van der Waals surface area contributed by atoms with E-state index in [0.29, 0.717) is 12.5 Å². The molecule has 0 saturated carbocycles. The predicted molar refractivity (Wildman–Crippen MR) is 35.3 cm³/mol. The van der Waals surface area contributed by atoms with Crippen molar-refractivity contribution in [2.75, 3.05) is 20.1 Å². The fourth-order valence-corrected chi connectivity index (χ4v) is 1.29. The molecule has 1 unspecified atom stereocenters. The highest BCUT2D eigenvalue weighted by Gasteiger charge is 2.26. The largest absolute Gasteiger partial charge is 1.00 e. The van der Waals surface area contributed by atoms with Crippen molar-refractivity contribution in [2.45, 2.75) is 19.5 Å². The molecule has 0 aliphatic carbocycles. The van der Waals surface area contributed by atoms with E-state index < -0.39 is 6.17 Å². The summed E-state index contributed by atoms with van der Waals surface area (Å²) in [6.07, 6.45) is 0.492. The molecular formula is C7H15FIN. The molecule has 0 aromatic carbocycles. The maximum atomic E-state index is 12.8. The van der Waals surface area contributed by atoms with Crippen molar-refractivity contribution in [3.05, 3.63) is 0 Å². The van der Waals surface area contributed by atoms with E-state index in [2.05, 4.69) is 7.05 Å². The van der Waals surface area contributed by atoms with Gasteiger partial charge < -0.3 is 28.9 Å². The molecule has 1 saturated heterocycles. The number of rotatable bonds is 0. The third-order valence-electron chi connectivity index (χ3n) is 2.19. The summed E-state index contributed by atoms with van der Waals surface area (Å²) >= 11 is 0. The van der Waals surface area contributed by atoms with Gasteiger partial charge >= 0.3 is 0 Å². The van der Waals surface area contributed by atoms with Crippen molar-refractivity contribution in [3.63, 3.8) is 0 Å². The number of hydrogen-bond acceptors (Lipinski definition) is 0. The van der Waals surface area contributed by atoms with Crippen molar-refractivity contribution in [2.24, 2.45) is 5.92 Å². The van der Waals surface area contributed by atoms with Gasteiger partial charge in [0.05, 0.1) is 13.6 Å². The zero-order valence-corrected chi connectivity index (χ0v) is 8.69. The van der Waals surface area contributed by atoms with Gasteiger partial charge in [-0.3, -0.25) is 0 Å². The molecule has 1 fully saturated rings. The molecular weight excluding hydrogens is 244 g/mol. The average Bonchev–Trinajstić information content (AvgIpc) is 1.80. The topological polar surface area (TPSA) is 4.44 Å². The van der Waals surface area contributed by atoms with Gasteiger partial charge in [-0.05, 0) is 5.92 Å².